The number of hydrogen-bond donors (Lipinski definition) is 3. The van der Waals surface area contributed by atoms with Gasteiger partial charge < -0.3 is 39.0 Å². The highest BCUT2D eigenvalue weighted by Gasteiger charge is 2.59. The Morgan fingerprint density at radius 2 is 1.82 bits per heavy atom. The van der Waals surface area contributed by atoms with Gasteiger partial charge in [-0.25, -0.2) is 4.79 Å². The van der Waals surface area contributed by atoms with E-state index in [1.807, 2.05) is 25.1 Å². The standard InChI is InChI=1S/C34H38N4O7/c1-20-23(32(34(42)43)36-31(20)29(21(2)39)33(36)41)5-4-16-44-25-6-3-7-26-30(25)24-9-8-22(17-27(24)45-26)18-37-10-13-38(14-11-37,15-12-37)19-28(35)40/h3-9,17,20-21,29,31,39H,10-16,18-19H2,1-2H3,(H-2,35,40,42,43)/p+2/t20-,21?,29?,31?,37?,38?/m0/s1. The van der Waals surface area contributed by atoms with E-state index in [-0.39, 0.29) is 36.1 Å². The molecule has 4 saturated heterocycles. The fourth-order valence-corrected chi connectivity index (χ4v) is 8.32. The van der Waals surface area contributed by atoms with Crippen LogP contribution in [-0.2, 0) is 20.9 Å². The number of aliphatic hydroxyl groups excluding tert-OH is 1. The molecule has 0 radical (unpaired) electrons. The van der Waals surface area contributed by atoms with Crippen molar-refractivity contribution in [1.29, 1.82) is 0 Å². The Labute approximate surface area is 260 Å². The van der Waals surface area contributed by atoms with Gasteiger partial charge in [0.1, 0.15) is 75.0 Å². The van der Waals surface area contributed by atoms with Gasteiger partial charge in [-0.15, -0.1) is 0 Å². The highest BCUT2D eigenvalue weighted by atomic mass is 16.5. The molecule has 2 amide bonds. The maximum atomic E-state index is 12.6. The minimum atomic E-state index is -1.16. The van der Waals surface area contributed by atoms with E-state index in [0.717, 1.165) is 76.7 Å². The van der Waals surface area contributed by atoms with Crippen LogP contribution in [0, 0.1) is 11.8 Å². The number of allylic oxidation sites excluding steroid dienone is 1. The summed E-state index contributed by atoms with van der Waals surface area (Å²) in [6.07, 6.45) is 2.65. The second-order valence-electron chi connectivity index (χ2n) is 13.4. The predicted molar refractivity (Wildman–Crippen MR) is 165 cm³/mol. The number of carbonyl (C=O) groups excluding carboxylic acids is 2. The maximum absolute atomic E-state index is 12.6. The predicted octanol–water partition coefficient (Wildman–Crippen LogP) is 2.36. The van der Waals surface area contributed by atoms with Crippen molar-refractivity contribution in [3.05, 3.63) is 65.4 Å². The zero-order chi connectivity index (χ0) is 31.7. The smallest absolute Gasteiger partial charge is 0.352 e. The summed E-state index contributed by atoms with van der Waals surface area (Å²) in [5.41, 5.74) is 8.83. The van der Waals surface area contributed by atoms with Crippen molar-refractivity contribution in [3.8, 4) is 5.75 Å². The van der Waals surface area contributed by atoms with Gasteiger partial charge in [0.2, 0.25) is 5.91 Å². The summed E-state index contributed by atoms with van der Waals surface area (Å²) in [6, 6.07) is 11.8. The van der Waals surface area contributed by atoms with Crippen molar-refractivity contribution in [3.63, 3.8) is 0 Å². The third kappa shape index (κ3) is 4.81. The summed E-state index contributed by atoms with van der Waals surface area (Å²) in [7, 11) is 0. The number of fused-ring (bicyclic) bond motifs is 7. The van der Waals surface area contributed by atoms with Crippen molar-refractivity contribution < 1.29 is 42.7 Å². The first-order valence-corrected chi connectivity index (χ1v) is 15.7. The largest absolute Gasteiger partial charge is 0.489 e. The summed E-state index contributed by atoms with van der Waals surface area (Å²) >= 11 is 0. The summed E-state index contributed by atoms with van der Waals surface area (Å²) in [5, 5.41) is 21.8. The summed E-state index contributed by atoms with van der Waals surface area (Å²) in [5.74, 6) is -1.87. The van der Waals surface area contributed by atoms with Crippen LogP contribution in [0.1, 0.15) is 19.4 Å². The molecule has 236 valence electrons. The van der Waals surface area contributed by atoms with Crippen LogP contribution in [0.15, 0.2) is 64.2 Å². The van der Waals surface area contributed by atoms with E-state index in [9.17, 15) is 24.6 Å². The van der Waals surface area contributed by atoms with E-state index in [2.05, 4.69) is 18.2 Å². The van der Waals surface area contributed by atoms with Gasteiger partial charge in [0.25, 0.3) is 5.91 Å². The molecule has 4 fully saturated rings. The van der Waals surface area contributed by atoms with Crippen LogP contribution >= 0.6 is 0 Å². The number of quaternary nitrogens is 2. The molecular weight excluding hydrogens is 576 g/mol. The molecule has 8 rings (SSSR count). The highest BCUT2D eigenvalue weighted by molar-refractivity contribution is 6.08. The number of amides is 2. The van der Waals surface area contributed by atoms with Gasteiger partial charge in [-0.05, 0) is 42.8 Å². The average Bonchev–Trinajstić information content (AvgIpc) is 3.48. The second-order valence-corrected chi connectivity index (χ2v) is 13.4. The molecule has 11 heteroatoms. The molecule has 5 aliphatic rings. The molecule has 0 aliphatic carbocycles. The van der Waals surface area contributed by atoms with Crippen LogP contribution in [-0.4, -0.2) is 106 Å². The molecule has 11 nitrogen and oxygen atoms in total. The molecule has 0 saturated carbocycles. The molecule has 4 atom stereocenters. The zero-order valence-corrected chi connectivity index (χ0v) is 25.6. The zero-order valence-electron chi connectivity index (χ0n) is 25.6. The third-order valence-electron chi connectivity index (χ3n) is 10.7. The number of piperazine rings is 3. The van der Waals surface area contributed by atoms with Crippen LogP contribution in [0.5, 0.6) is 5.75 Å². The lowest BCUT2D eigenvalue weighted by atomic mass is 9.78. The van der Waals surface area contributed by atoms with E-state index in [1.54, 1.807) is 19.1 Å². The number of aliphatic carboxylic acids is 1. The number of nitrogens with zero attached hydrogens (tertiary/aromatic N) is 3. The van der Waals surface area contributed by atoms with E-state index in [4.69, 9.17) is 14.9 Å². The Morgan fingerprint density at radius 3 is 2.49 bits per heavy atom. The lowest BCUT2D eigenvalue weighted by Gasteiger charge is -2.55. The lowest BCUT2D eigenvalue weighted by Crippen LogP contribution is -2.75. The van der Waals surface area contributed by atoms with Crippen molar-refractivity contribution in [2.75, 3.05) is 52.4 Å². The Balaban J connectivity index is 1.07. The molecule has 1 aromatic heterocycles. The second kappa shape index (κ2) is 10.7. The Kier molecular flexibility index (Phi) is 7.03. The highest BCUT2D eigenvalue weighted by Crippen LogP contribution is 2.47. The third-order valence-corrected chi connectivity index (χ3v) is 10.7. The fourth-order valence-electron chi connectivity index (χ4n) is 8.32. The molecule has 2 bridgehead atoms. The quantitative estimate of drug-likeness (QED) is 0.234. The average molecular weight is 617 g/mol. The number of aliphatic hydroxyl groups is 1. The minimum Gasteiger partial charge on any atom is -0.489 e. The number of rotatable bonds is 10. The van der Waals surface area contributed by atoms with Crippen LogP contribution in [0.3, 0.4) is 0 Å². The normalized spacial score (nSPS) is 29.9. The van der Waals surface area contributed by atoms with Crippen LogP contribution < -0.4 is 10.5 Å². The lowest BCUT2D eigenvalue weighted by molar-refractivity contribution is -1.08. The van der Waals surface area contributed by atoms with Crippen molar-refractivity contribution >= 4 is 39.7 Å². The topological polar surface area (TPSA) is 143 Å². The minimum absolute atomic E-state index is 0.0203. The van der Waals surface area contributed by atoms with Gasteiger partial charge in [0.15, 0.2) is 6.54 Å². The molecular formula is C34H40N4O7+2. The molecule has 6 heterocycles. The molecule has 45 heavy (non-hydrogen) atoms. The molecule has 2 aromatic carbocycles. The number of benzene rings is 2. The molecule has 4 N–H and O–H groups in total. The number of furan rings is 1. The first-order chi connectivity index (χ1) is 21.5. The van der Waals surface area contributed by atoms with Crippen LogP contribution in [0.4, 0.5) is 0 Å². The maximum Gasteiger partial charge on any atom is 0.352 e. The number of ether oxygens (including phenoxy) is 1. The van der Waals surface area contributed by atoms with Gasteiger partial charge in [0.05, 0.1) is 23.4 Å². The Hall–Kier alpha value is -4.19. The van der Waals surface area contributed by atoms with E-state index in [0.29, 0.717) is 17.9 Å². The van der Waals surface area contributed by atoms with Crippen LogP contribution in [0.25, 0.3) is 21.9 Å². The number of primary amides is 1. The molecule has 5 aliphatic heterocycles. The molecule has 3 aromatic rings. The molecule has 0 spiro atoms. The van der Waals surface area contributed by atoms with E-state index in [1.165, 1.54) is 10.5 Å². The SMILES string of the molecule is CC(O)C1C(=O)N2C(C(=O)O)=C(C=CCOc3cccc4oc5cc(C[N+]67CC[N+](CC(N)=O)(CC6)CC7)ccc5c34)[C@H](C)C12. The van der Waals surface area contributed by atoms with Crippen molar-refractivity contribution in [1.82, 2.24) is 4.90 Å². The number of carboxylic acids is 1. The van der Waals surface area contributed by atoms with Gasteiger partial charge in [-0.3, -0.25) is 9.59 Å². The molecule has 3 unspecified atom stereocenters. The summed E-state index contributed by atoms with van der Waals surface area (Å²) in [6.45, 7) is 11.1. The van der Waals surface area contributed by atoms with Crippen LogP contribution in [0.2, 0.25) is 0 Å². The van der Waals surface area contributed by atoms with Gasteiger partial charge >= 0.3 is 5.97 Å². The van der Waals surface area contributed by atoms with E-state index >= 15 is 0 Å². The van der Waals surface area contributed by atoms with Gasteiger partial charge in [0, 0.05) is 16.9 Å². The van der Waals surface area contributed by atoms with E-state index < -0.39 is 18.0 Å². The monoisotopic (exact) mass is 616 g/mol. The number of hydrogen-bond acceptors (Lipinski definition) is 6. The number of carboxylic acid groups (broad SMARTS) is 1. The number of carbonyl (C=O) groups is 3. The van der Waals surface area contributed by atoms with Crippen molar-refractivity contribution in [2.24, 2.45) is 17.6 Å². The summed E-state index contributed by atoms with van der Waals surface area (Å²) in [4.78, 5) is 37.6. The van der Waals surface area contributed by atoms with Crippen molar-refractivity contribution in [2.45, 2.75) is 32.5 Å². The Morgan fingerprint density at radius 1 is 1.11 bits per heavy atom. The first kappa shape index (κ1) is 29.5. The fraction of sp³-hybridized carbons (Fsp3) is 0.441. The number of β-lactam (4-membered cyclic amide) rings is 1. The Bertz CT molecular complexity index is 1760. The van der Waals surface area contributed by atoms with Gasteiger partial charge in [-0.2, -0.15) is 0 Å². The first-order valence-electron chi connectivity index (χ1n) is 15.7. The summed E-state index contributed by atoms with van der Waals surface area (Å²) < 4.78 is 14.3. The number of nitrogens with two attached hydrogens (primary N) is 1. The van der Waals surface area contributed by atoms with Gasteiger partial charge in [-0.1, -0.05) is 25.1 Å².